The molecule has 19 heavy (non-hydrogen) atoms. The largest absolute Gasteiger partial charge is 0.330 e. The number of carbonyl (C=O) groups is 1. The van der Waals surface area contributed by atoms with Crippen LogP contribution in [-0.4, -0.2) is 19.0 Å². The van der Waals surface area contributed by atoms with Crippen molar-refractivity contribution < 1.29 is 4.79 Å². The van der Waals surface area contributed by atoms with Gasteiger partial charge in [0.15, 0.2) is 0 Å². The molecule has 1 aliphatic rings. The van der Waals surface area contributed by atoms with Crippen LogP contribution in [0.3, 0.4) is 0 Å². The first kappa shape index (κ1) is 16.0. The van der Waals surface area contributed by atoms with Crippen LogP contribution in [0.5, 0.6) is 0 Å². The first-order valence-corrected chi connectivity index (χ1v) is 6.76. The maximum Gasteiger partial charge on any atom is 0.228 e. The highest BCUT2D eigenvalue weighted by Gasteiger charge is 2.22. The second-order valence-electron chi connectivity index (χ2n) is 5.23. The van der Waals surface area contributed by atoms with Gasteiger partial charge in [-0.25, -0.2) is 0 Å². The first-order valence-electron chi connectivity index (χ1n) is 6.76. The van der Waals surface area contributed by atoms with E-state index in [0.717, 1.165) is 25.1 Å². The van der Waals surface area contributed by atoms with Crippen LogP contribution in [0, 0.1) is 0 Å². The number of halogens is 1. The number of nitrogens with two attached hydrogens (primary N) is 1. The second-order valence-corrected chi connectivity index (χ2v) is 5.23. The third-order valence-corrected chi connectivity index (χ3v) is 3.55. The number of hydrogen-bond acceptors (Lipinski definition) is 2. The molecule has 0 saturated carbocycles. The van der Waals surface area contributed by atoms with Crippen molar-refractivity contribution in [3.63, 3.8) is 0 Å². The molecule has 0 spiro atoms. The average Bonchev–Trinajstić information content (AvgIpc) is 2.37. The van der Waals surface area contributed by atoms with Gasteiger partial charge in [0, 0.05) is 25.2 Å². The Balaban J connectivity index is 0.00000180. The number of anilines is 1. The van der Waals surface area contributed by atoms with Crippen molar-refractivity contribution >= 4 is 24.0 Å². The molecule has 4 heteroatoms. The molecule has 0 aliphatic carbocycles. The van der Waals surface area contributed by atoms with Gasteiger partial charge in [-0.15, -0.1) is 12.4 Å². The number of carbonyl (C=O) groups excluding carboxylic acids is 1. The van der Waals surface area contributed by atoms with Crippen molar-refractivity contribution in [2.75, 3.05) is 18.0 Å². The van der Waals surface area contributed by atoms with Crippen LogP contribution in [0.1, 0.15) is 43.7 Å². The molecule has 2 rings (SSSR count). The average molecular weight is 283 g/mol. The summed E-state index contributed by atoms with van der Waals surface area (Å²) in [5.41, 5.74) is 9.21. The van der Waals surface area contributed by atoms with Gasteiger partial charge < -0.3 is 10.6 Å². The number of benzene rings is 1. The summed E-state index contributed by atoms with van der Waals surface area (Å²) in [5, 5.41) is 0. The van der Waals surface area contributed by atoms with Gasteiger partial charge in [-0.1, -0.05) is 26.0 Å². The van der Waals surface area contributed by atoms with E-state index in [0.29, 0.717) is 18.9 Å². The summed E-state index contributed by atoms with van der Waals surface area (Å²) >= 11 is 0. The number of nitrogens with zero attached hydrogens (tertiary/aromatic N) is 1. The Kier molecular flexibility index (Phi) is 5.83. The van der Waals surface area contributed by atoms with E-state index in [-0.39, 0.29) is 18.3 Å². The van der Waals surface area contributed by atoms with Gasteiger partial charge in [-0.3, -0.25) is 4.79 Å². The zero-order valence-electron chi connectivity index (χ0n) is 11.7. The van der Waals surface area contributed by atoms with Crippen molar-refractivity contribution in [2.24, 2.45) is 5.73 Å². The molecule has 106 valence electrons. The van der Waals surface area contributed by atoms with Crippen LogP contribution in [-0.2, 0) is 11.2 Å². The molecule has 1 aromatic carbocycles. The molecule has 1 amide bonds. The quantitative estimate of drug-likeness (QED) is 0.927. The van der Waals surface area contributed by atoms with E-state index in [9.17, 15) is 4.79 Å². The maximum absolute atomic E-state index is 12.0. The maximum atomic E-state index is 12.0. The number of amides is 1. The standard InChI is InChI=1S/C15H22N2O.ClH/c1-11(2)12-5-6-14-13(10-12)4-3-9-17(14)15(18)7-8-16;/h5-6,10-11H,3-4,7-9,16H2,1-2H3;1H. The molecule has 0 bridgehead atoms. The molecule has 0 radical (unpaired) electrons. The highest BCUT2D eigenvalue weighted by Crippen LogP contribution is 2.30. The summed E-state index contributed by atoms with van der Waals surface area (Å²) in [6.45, 7) is 5.64. The van der Waals surface area contributed by atoms with Gasteiger partial charge in [0.2, 0.25) is 5.91 Å². The van der Waals surface area contributed by atoms with Crippen molar-refractivity contribution in [3.05, 3.63) is 29.3 Å². The van der Waals surface area contributed by atoms with Crippen molar-refractivity contribution in [3.8, 4) is 0 Å². The molecule has 1 aliphatic heterocycles. The Labute approximate surface area is 121 Å². The molecule has 0 unspecified atom stereocenters. The highest BCUT2D eigenvalue weighted by molar-refractivity contribution is 5.94. The summed E-state index contributed by atoms with van der Waals surface area (Å²) < 4.78 is 0. The van der Waals surface area contributed by atoms with Crippen LogP contribution >= 0.6 is 12.4 Å². The topological polar surface area (TPSA) is 46.3 Å². The molecule has 1 heterocycles. The lowest BCUT2D eigenvalue weighted by atomic mass is 9.94. The summed E-state index contributed by atoms with van der Waals surface area (Å²) in [6, 6.07) is 6.48. The normalized spacial score (nSPS) is 14.0. The van der Waals surface area contributed by atoms with Crippen LogP contribution in [0.4, 0.5) is 5.69 Å². The first-order chi connectivity index (χ1) is 8.63. The predicted molar refractivity (Wildman–Crippen MR) is 82.1 cm³/mol. The Hall–Kier alpha value is -1.06. The zero-order chi connectivity index (χ0) is 13.1. The lowest BCUT2D eigenvalue weighted by molar-refractivity contribution is -0.118. The van der Waals surface area contributed by atoms with E-state index in [1.165, 1.54) is 11.1 Å². The van der Waals surface area contributed by atoms with Gasteiger partial charge >= 0.3 is 0 Å². The van der Waals surface area contributed by atoms with Crippen LogP contribution in [0.2, 0.25) is 0 Å². The second kappa shape index (κ2) is 6.92. The summed E-state index contributed by atoms with van der Waals surface area (Å²) in [7, 11) is 0. The minimum absolute atomic E-state index is 0. The van der Waals surface area contributed by atoms with E-state index in [2.05, 4.69) is 32.0 Å². The predicted octanol–water partition coefficient (Wildman–Crippen LogP) is 2.86. The monoisotopic (exact) mass is 282 g/mol. The number of fused-ring (bicyclic) bond motifs is 1. The lowest BCUT2D eigenvalue weighted by Gasteiger charge is -2.30. The van der Waals surface area contributed by atoms with Crippen molar-refractivity contribution in [1.29, 1.82) is 0 Å². The minimum atomic E-state index is 0. The highest BCUT2D eigenvalue weighted by atomic mass is 35.5. The molecule has 1 aromatic rings. The Bertz CT molecular complexity index is 446. The molecular formula is C15H23ClN2O. The molecule has 0 aromatic heterocycles. The number of rotatable bonds is 3. The van der Waals surface area contributed by atoms with Gasteiger partial charge in [-0.2, -0.15) is 0 Å². The Morgan fingerprint density at radius 2 is 2.16 bits per heavy atom. The fraction of sp³-hybridized carbons (Fsp3) is 0.533. The van der Waals surface area contributed by atoms with Crippen molar-refractivity contribution in [2.45, 2.75) is 39.0 Å². The van der Waals surface area contributed by atoms with Crippen LogP contribution in [0.15, 0.2) is 18.2 Å². The molecule has 3 nitrogen and oxygen atoms in total. The van der Waals surface area contributed by atoms with E-state index in [1.54, 1.807) is 0 Å². The third kappa shape index (κ3) is 3.48. The Morgan fingerprint density at radius 3 is 2.79 bits per heavy atom. The molecule has 0 fully saturated rings. The number of hydrogen-bond donors (Lipinski definition) is 1. The van der Waals surface area contributed by atoms with Gasteiger partial charge in [0.05, 0.1) is 0 Å². The summed E-state index contributed by atoms with van der Waals surface area (Å²) in [4.78, 5) is 13.9. The third-order valence-electron chi connectivity index (χ3n) is 3.55. The van der Waals surface area contributed by atoms with Gasteiger partial charge in [0.1, 0.15) is 0 Å². The molecule has 2 N–H and O–H groups in total. The summed E-state index contributed by atoms with van der Waals surface area (Å²) in [6.07, 6.45) is 2.55. The van der Waals surface area contributed by atoms with E-state index >= 15 is 0 Å². The smallest absolute Gasteiger partial charge is 0.228 e. The molecule has 0 saturated heterocycles. The SMILES string of the molecule is CC(C)c1ccc2c(c1)CCCN2C(=O)CCN.Cl. The van der Waals surface area contributed by atoms with Gasteiger partial charge in [0.25, 0.3) is 0 Å². The van der Waals surface area contributed by atoms with Crippen molar-refractivity contribution in [1.82, 2.24) is 0 Å². The van der Waals surface area contributed by atoms with E-state index < -0.39 is 0 Å². The number of aryl methyl sites for hydroxylation is 1. The fourth-order valence-electron chi connectivity index (χ4n) is 2.49. The van der Waals surface area contributed by atoms with Crippen LogP contribution < -0.4 is 10.6 Å². The van der Waals surface area contributed by atoms with E-state index in [1.807, 2.05) is 4.90 Å². The fourth-order valence-corrected chi connectivity index (χ4v) is 2.49. The molecule has 0 atom stereocenters. The van der Waals surface area contributed by atoms with Crippen LogP contribution in [0.25, 0.3) is 0 Å². The van der Waals surface area contributed by atoms with Gasteiger partial charge in [-0.05, 0) is 36.0 Å². The Morgan fingerprint density at radius 1 is 1.42 bits per heavy atom. The minimum Gasteiger partial charge on any atom is -0.330 e. The summed E-state index contributed by atoms with van der Waals surface area (Å²) in [5.74, 6) is 0.682. The van der Waals surface area contributed by atoms with E-state index in [4.69, 9.17) is 5.73 Å². The molecular weight excluding hydrogens is 260 g/mol. The lowest BCUT2D eigenvalue weighted by Crippen LogP contribution is -2.36. The zero-order valence-corrected chi connectivity index (χ0v) is 12.5.